The molecule has 2 aromatic rings. The molecular formula is C17H22ClNS. The Kier molecular flexibility index (Phi) is 5.25. The molecule has 0 aliphatic rings. The standard InChI is InChI=1S/C17H22ClNS/c1-5-19-15(17-16(18)13(4)10-20-17)9-14-7-6-11(2)12(3)8-14/h6-8,10,15,19H,5,9H2,1-4H3. The zero-order valence-electron chi connectivity index (χ0n) is 12.6. The van der Waals surface area contributed by atoms with Crippen molar-refractivity contribution in [2.45, 2.75) is 40.2 Å². The molecule has 0 fully saturated rings. The van der Waals surface area contributed by atoms with E-state index in [1.807, 2.05) is 0 Å². The molecule has 1 aromatic carbocycles. The van der Waals surface area contributed by atoms with E-state index in [9.17, 15) is 0 Å². The second-order valence-electron chi connectivity index (χ2n) is 5.33. The van der Waals surface area contributed by atoms with Gasteiger partial charge in [-0.1, -0.05) is 36.7 Å². The van der Waals surface area contributed by atoms with E-state index in [4.69, 9.17) is 11.6 Å². The number of halogens is 1. The van der Waals surface area contributed by atoms with Crippen LogP contribution in [0.4, 0.5) is 0 Å². The molecule has 20 heavy (non-hydrogen) atoms. The number of benzene rings is 1. The fraction of sp³-hybridized carbons (Fsp3) is 0.412. The molecule has 3 heteroatoms. The highest BCUT2D eigenvalue weighted by Gasteiger charge is 2.17. The molecule has 1 unspecified atom stereocenters. The Morgan fingerprint density at radius 3 is 2.45 bits per heavy atom. The van der Waals surface area contributed by atoms with Gasteiger partial charge in [0.25, 0.3) is 0 Å². The molecule has 0 radical (unpaired) electrons. The molecule has 0 bridgehead atoms. The molecule has 1 N–H and O–H groups in total. The van der Waals surface area contributed by atoms with Crippen LogP contribution in [0.5, 0.6) is 0 Å². The van der Waals surface area contributed by atoms with Gasteiger partial charge < -0.3 is 5.32 Å². The lowest BCUT2D eigenvalue weighted by Crippen LogP contribution is -2.22. The van der Waals surface area contributed by atoms with Crippen LogP contribution in [0.15, 0.2) is 23.6 Å². The van der Waals surface area contributed by atoms with Crippen molar-refractivity contribution in [1.29, 1.82) is 0 Å². The Hall–Kier alpha value is -0.830. The average Bonchev–Trinajstić information content (AvgIpc) is 2.74. The summed E-state index contributed by atoms with van der Waals surface area (Å²) < 4.78 is 0. The van der Waals surface area contributed by atoms with Crippen molar-refractivity contribution in [3.63, 3.8) is 0 Å². The van der Waals surface area contributed by atoms with Crippen LogP contribution in [0.3, 0.4) is 0 Å². The van der Waals surface area contributed by atoms with Crippen molar-refractivity contribution >= 4 is 22.9 Å². The molecule has 0 saturated carbocycles. The first-order chi connectivity index (χ1) is 9.52. The lowest BCUT2D eigenvalue weighted by atomic mass is 10.00. The van der Waals surface area contributed by atoms with Gasteiger partial charge >= 0.3 is 0 Å². The fourth-order valence-corrected chi connectivity index (χ4v) is 3.76. The Morgan fingerprint density at radius 2 is 1.90 bits per heavy atom. The Labute approximate surface area is 131 Å². The third-order valence-corrected chi connectivity index (χ3v) is 5.53. The second kappa shape index (κ2) is 6.75. The monoisotopic (exact) mass is 307 g/mol. The van der Waals surface area contributed by atoms with Gasteiger partial charge in [0, 0.05) is 10.9 Å². The molecule has 0 aliphatic carbocycles. The Balaban J connectivity index is 2.25. The Morgan fingerprint density at radius 1 is 1.15 bits per heavy atom. The number of nitrogens with one attached hydrogen (secondary N) is 1. The summed E-state index contributed by atoms with van der Waals surface area (Å²) >= 11 is 8.19. The summed E-state index contributed by atoms with van der Waals surface area (Å²) in [5, 5.41) is 6.62. The van der Waals surface area contributed by atoms with E-state index in [-0.39, 0.29) is 0 Å². The minimum atomic E-state index is 0.299. The number of aryl methyl sites for hydroxylation is 3. The van der Waals surface area contributed by atoms with Crippen LogP contribution in [0, 0.1) is 20.8 Å². The first-order valence-electron chi connectivity index (χ1n) is 7.06. The predicted molar refractivity (Wildman–Crippen MR) is 90.1 cm³/mol. The number of hydrogen-bond acceptors (Lipinski definition) is 2. The lowest BCUT2D eigenvalue weighted by molar-refractivity contribution is 0.558. The lowest BCUT2D eigenvalue weighted by Gasteiger charge is -2.18. The number of rotatable bonds is 5. The van der Waals surface area contributed by atoms with Crippen molar-refractivity contribution < 1.29 is 0 Å². The van der Waals surface area contributed by atoms with Crippen molar-refractivity contribution in [3.8, 4) is 0 Å². The molecule has 0 spiro atoms. The molecule has 1 atom stereocenters. The predicted octanol–water partition coefficient (Wildman–Crippen LogP) is 5.22. The van der Waals surface area contributed by atoms with Gasteiger partial charge in [-0.15, -0.1) is 11.3 Å². The zero-order valence-corrected chi connectivity index (χ0v) is 14.2. The van der Waals surface area contributed by atoms with Crippen LogP contribution < -0.4 is 5.32 Å². The van der Waals surface area contributed by atoms with Gasteiger partial charge in [0.15, 0.2) is 0 Å². The highest BCUT2D eigenvalue weighted by molar-refractivity contribution is 7.10. The summed E-state index contributed by atoms with van der Waals surface area (Å²) in [7, 11) is 0. The third-order valence-electron chi connectivity index (χ3n) is 3.70. The van der Waals surface area contributed by atoms with E-state index in [0.29, 0.717) is 6.04 Å². The summed E-state index contributed by atoms with van der Waals surface area (Å²) in [6.07, 6.45) is 0.981. The third kappa shape index (κ3) is 3.43. The number of likely N-dealkylation sites (N-methyl/N-ethyl adjacent to an activating group) is 1. The molecule has 1 nitrogen and oxygen atoms in total. The maximum Gasteiger partial charge on any atom is 0.0590 e. The minimum Gasteiger partial charge on any atom is -0.309 e. The van der Waals surface area contributed by atoms with Gasteiger partial charge in [0.05, 0.1) is 5.02 Å². The van der Waals surface area contributed by atoms with Crippen LogP contribution in [0.2, 0.25) is 5.02 Å². The van der Waals surface area contributed by atoms with Crippen molar-refractivity contribution in [1.82, 2.24) is 5.32 Å². The molecule has 1 heterocycles. The molecule has 108 valence electrons. The number of hydrogen-bond donors (Lipinski definition) is 1. The van der Waals surface area contributed by atoms with Crippen LogP contribution in [-0.4, -0.2) is 6.54 Å². The molecule has 0 aliphatic heterocycles. The van der Waals surface area contributed by atoms with E-state index < -0.39 is 0 Å². The van der Waals surface area contributed by atoms with Gasteiger partial charge in [-0.3, -0.25) is 0 Å². The summed E-state index contributed by atoms with van der Waals surface area (Å²) in [6, 6.07) is 7.01. The maximum absolute atomic E-state index is 6.43. The summed E-state index contributed by atoms with van der Waals surface area (Å²) in [6.45, 7) is 9.48. The molecular weight excluding hydrogens is 286 g/mol. The summed E-state index contributed by atoms with van der Waals surface area (Å²) in [5.74, 6) is 0. The fourth-order valence-electron chi connectivity index (χ4n) is 2.35. The van der Waals surface area contributed by atoms with Crippen LogP contribution in [0.25, 0.3) is 0 Å². The van der Waals surface area contributed by atoms with E-state index in [1.54, 1.807) is 11.3 Å². The smallest absolute Gasteiger partial charge is 0.0590 e. The molecule has 0 amide bonds. The van der Waals surface area contributed by atoms with Crippen LogP contribution in [0.1, 0.15) is 40.1 Å². The largest absolute Gasteiger partial charge is 0.309 e. The van der Waals surface area contributed by atoms with Crippen LogP contribution in [-0.2, 0) is 6.42 Å². The van der Waals surface area contributed by atoms with Crippen LogP contribution >= 0.6 is 22.9 Å². The first-order valence-corrected chi connectivity index (χ1v) is 8.31. The summed E-state index contributed by atoms with van der Waals surface area (Å²) in [5.41, 5.74) is 5.24. The summed E-state index contributed by atoms with van der Waals surface area (Å²) in [4.78, 5) is 1.25. The highest BCUT2D eigenvalue weighted by atomic mass is 35.5. The maximum atomic E-state index is 6.43. The Bertz CT molecular complexity index is 589. The molecule has 2 rings (SSSR count). The normalized spacial score (nSPS) is 12.7. The zero-order chi connectivity index (χ0) is 14.7. The van der Waals surface area contributed by atoms with Crippen molar-refractivity contribution in [2.24, 2.45) is 0 Å². The first kappa shape index (κ1) is 15.6. The molecule has 1 aromatic heterocycles. The topological polar surface area (TPSA) is 12.0 Å². The van der Waals surface area contributed by atoms with Gasteiger partial charge in [0.1, 0.15) is 0 Å². The van der Waals surface area contributed by atoms with Crippen molar-refractivity contribution in [3.05, 3.63) is 55.7 Å². The van der Waals surface area contributed by atoms with E-state index in [0.717, 1.165) is 18.0 Å². The van der Waals surface area contributed by atoms with E-state index >= 15 is 0 Å². The average molecular weight is 308 g/mol. The highest BCUT2D eigenvalue weighted by Crippen LogP contribution is 2.34. The van der Waals surface area contributed by atoms with E-state index in [1.165, 1.54) is 27.1 Å². The van der Waals surface area contributed by atoms with Crippen molar-refractivity contribution in [2.75, 3.05) is 6.54 Å². The quantitative estimate of drug-likeness (QED) is 0.798. The second-order valence-corrected chi connectivity index (χ2v) is 6.62. The molecule has 0 saturated heterocycles. The minimum absolute atomic E-state index is 0.299. The SMILES string of the molecule is CCNC(Cc1ccc(C)c(C)c1)c1scc(C)c1Cl. The number of thiophene rings is 1. The van der Waals surface area contributed by atoms with Gasteiger partial charge in [-0.25, -0.2) is 0 Å². The van der Waals surface area contributed by atoms with Gasteiger partial charge in [-0.2, -0.15) is 0 Å². The van der Waals surface area contributed by atoms with Gasteiger partial charge in [-0.05, 0) is 61.4 Å². The van der Waals surface area contributed by atoms with Gasteiger partial charge in [0.2, 0.25) is 0 Å². The van der Waals surface area contributed by atoms with E-state index in [2.05, 4.69) is 56.6 Å².